The van der Waals surface area contributed by atoms with Crippen molar-refractivity contribution in [3.63, 3.8) is 0 Å². The highest BCUT2D eigenvalue weighted by Gasteiger charge is 2.20. The summed E-state index contributed by atoms with van der Waals surface area (Å²) in [6, 6.07) is 9.86. The van der Waals surface area contributed by atoms with E-state index in [1.807, 2.05) is 30.3 Å². The smallest absolute Gasteiger partial charge is 0.119 e. The summed E-state index contributed by atoms with van der Waals surface area (Å²) in [5, 5.41) is 0. The fraction of sp³-hybridized carbons (Fsp3) is 0.538. The lowest BCUT2D eigenvalue weighted by Crippen LogP contribution is -2.33. The maximum absolute atomic E-state index is 5.70. The highest BCUT2D eigenvalue weighted by molar-refractivity contribution is 5.20. The molecular weight excluding hydrogens is 202 g/mol. The summed E-state index contributed by atoms with van der Waals surface area (Å²) in [5.41, 5.74) is 5.60. The van der Waals surface area contributed by atoms with Gasteiger partial charge in [-0.1, -0.05) is 18.2 Å². The van der Waals surface area contributed by atoms with Crippen molar-refractivity contribution in [3.05, 3.63) is 30.3 Å². The number of benzene rings is 1. The molecule has 2 rings (SSSR count). The van der Waals surface area contributed by atoms with Crippen molar-refractivity contribution in [2.45, 2.75) is 18.9 Å². The molecule has 1 saturated heterocycles. The van der Waals surface area contributed by atoms with Gasteiger partial charge in [0, 0.05) is 0 Å². The Morgan fingerprint density at radius 3 is 2.69 bits per heavy atom. The summed E-state index contributed by atoms with van der Waals surface area (Å²) in [7, 11) is 0. The first-order valence-corrected chi connectivity index (χ1v) is 5.88. The van der Waals surface area contributed by atoms with Gasteiger partial charge in [-0.25, -0.2) is 0 Å². The fourth-order valence-electron chi connectivity index (χ4n) is 1.88. The summed E-state index contributed by atoms with van der Waals surface area (Å²) in [5.74, 6) is 1.44. The maximum atomic E-state index is 5.70. The quantitative estimate of drug-likeness (QED) is 0.843. The van der Waals surface area contributed by atoms with E-state index in [1.165, 1.54) is 0 Å². The van der Waals surface area contributed by atoms with Gasteiger partial charge in [-0.3, -0.25) is 0 Å². The molecule has 0 spiro atoms. The van der Waals surface area contributed by atoms with Crippen LogP contribution < -0.4 is 10.5 Å². The highest BCUT2D eigenvalue weighted by Crippen LogP contribution is 2.19. The summed E-state index contributed by atoms with van der Waals surface area (Å²) >= 11 is 0. The van der Waals surface area contributed by atoms with Gasteiger partial charge < -0.3 is 15.2 Å². The molecule has 0 unspecified atom stereocenters. The summed E-state index contributed by atoms with van der Waals surface area (Å²) in [6.07, 6.45) is 2.43. The molecule has 1 aromatic carbocycles. The number of nitrogens with two attached hydrogens (primary N) is 1. The maximum Gasteiger partial charge on any atom is 0.119 e. The van der Waals surface area contributed by atoms with E-state index in [9.17, 15) is 0 Å². The van der Waals surface area contributed by atoms with Gasteiger partial charge in [0.1, 0.15) is 12.4 Å². The van der Waals surface area contributed by atoms with Crippen LogP contribution >= 0.6 is 0 Å². The molecule has 3 heteroatoms. The Hall–Kier alpha value is -1.06. The molecule has 0 radical (unpaired) electrons. The molecular formula is C13H19NO2. The molecule has 1 aromatic rings. The number of rotatable bonds is 4. The Morgan fingerprint density at radius 1 is 1.25 bits per heavy atom. The van der Waals surface area contributed by atoms with E-state index >= 15 is 0 Å². The average molecular weight is 221 g/mol. The molecule has 0 aromatic heterocycles. The van der Waals surface area contributed by atoms with Crippen LogP contribution in [-0.2, 0) is 4.74 Å². The van der Waals surface area contributed by atoms with Crippen LogP contribution in [0.2, 0.25) is 0 Å². The Kier molecular flexibility index (Phi) is 4.19. The van der Waals surface area contributed by atoms with Gasteiger partial charge >= 0.3 is 0 Å². The Morgan fingerprint density at radius 2 is 2.06 bits per heavy atom. The molecule has 1 aliphatic heterocycles. The van der Waals surface area contributed by atoms with Gasteiger partial charge in [0.2, 0.25) is 0 Å². The van der Waals surface area contributed by atoms with Crippen LogP contribution in [0.1, 0.15) is 12.8 Å². The molecule has 16 heavy (non-hydrogen) atoms. The first kappa shape index (κ1) is 11.4. The lowest BCUT2D eigenvalue weighted by Gasteiger charge is -2.28. The lowest BCUT2D eigenvalue weighted by atomic mass is 9.99. The first-order valence-electron chi connectivity index (χ1n) is 5.88. The van der Waals surface area contributed by atoms with Crippen LogP contribution in [0.15, 0.2) is 30.3 Å². The minimum absolute atomic E-state index is 0.225. The third-order valence-electron chi connectivity index (χ3n) is 2.98. The van der Waals surface area contributed by atoms with E-state index in [0.717, 1.165) is 31.7 Å². The van der Waals surface area contributed by atoms with Gasteiger partial charge in [-0.2, -0.15) is 0 Å². The SMILES string of the molecule is NC[C@H]1CC[C@H](COc2ccccc2)OC1. The molecule has 88 valence electrons. The second kappa shape index (κ2) is 5.87. The van der Waals surface area contributed by atoms with Crippen LogP contribution in [0.25, 0.3) is 0 Å². The van der Waals surface area contributed by atoms with E-state index in [4.69, 9.17) is 15.2 Å². The Bertz CT molecular complexity index is 294. The van der Waals surface area contributed by atoms with Gasteiger partial charge in [-0.05, 0) is 37.4 Å². The zero-order valence-electron chi connectivity index (χ0n) is 9.47. The van der Waals surface area contributed by atoms with Crippen LogP contribution in [0.5, 0.6) is 5.75 Å². The number of hydrogen-bond donors (Lipinski definition) is 1. The predicted octanol–water partition coefficient (Wildman–Crippen LogP) is 1.82. The molecule has 0 bridgehead atoms. The second-order valence-corrected chi connectivity index (χ2v) is 4.26. The fourth-order valence-corrected chi connectivity index (χ4v) is 1.88. The topological polar surface area (TPSA) is 44.5 Å². The number of para-hydroxylation sites is 1. The van der Waals surface area contributed by atoms with Gasteiger partial charge in [0.05, 0.1) is 12.7 Å². The molecule has 0 aliphatic carbocycles. The lowest BCUT2D eigenvalue weighted by molar-refractivity contribution is -0.0352. The monoisotopic (exact) mass is 221 g/mol. The first-order chi connectivity index (χ1) is 7.88. The van der Waals surface area contributed by atoms with Gasteiger partial charge in [0.15, 0.2) is 0 Å². The third kappa shape index (κ3) is 3.22. The minimum atomic E-state index is 0.225. The molecule has 1 aliphatic rings. The van der Waals surface area contributed by atoms with Crippen molar-refractivity contribution in [2.24, 2.45) is 11.7 Å². The average Bonchev–Trinajstić information content (AvgIpc) is 2.38. The van der Waals surface area contributed by atoms with E-state index in [-0.39, 0.29) is 6.10 Å². The van der Waals surface area contributed by atoms with Crippen molar-refractivity contribution < 1.29 is 9.47 Å². The number of ether oxygens (including phenoxy) is 2. The number of hydrogen-bond acceptors (Lipinski definition) is 3. The molecule has 0 saturated carbocycles. The summed E-state index contributed by atoms with van der Waals surface area (Å²) in [6.45, 7) is 2.15. The molecule has 2 atom stereocenters. The van der Waals surface area contributed by atoms with Gasteiger partial charge in [-0.15, -0.1) is 0 Å². The van der Waals surface area contributed by atoms with Gasteiger partial charge in [0.25, 0.3) is 0 Å². The van der Waals surface area contributed by atoms with Crippen molar-refractivity contribution in [1.82, 2.24) is 0 Å². The van der Waals surface area contributed by atoms with Crippen LogP contribution in [0.3, 0.4) is 0 Å². The van der Waals surface area contributed by atoms with Crippen molar-refractivity contribution in [1.29, 1.82) is 0 Å². The van der Waals surface area contributed by atoms with Crippen LogP contribution in [-0.4, -0.2) is 25.9 Å². The summed E-state index contributed by atoms with van der Waals surface area (Å²) in [4.78, 5) is 0. The minimum Gasteiger partial charge on any atom is -0.491 e. The van der Waals surface area contributed by atoms with Crippen molar-refractivity contribution >= 4 is 0 Å². The van der Waals surface area contributed by atoms with E-state index in [2.05, 4.69) is 0 Å². The van der Waals surface area contributed by atoms with Crippen LogP contribution in [0.4, 0.5) is 0 Å². The summed E-state index contributed by atoms with van der Waals surface area (Å²) < 4.78 is 11.4. The molecule has 3 nitrogen and oxygen atoms in total. The zero-order valence-corrected chi connectivity index (χ0v) is 9.47. The van der Waals surface area contributed by atoms with E-state index in [1.54, 1.807) is 0 Å². The molecule has 0 amide bonds. The van der Waals surface area contributed by atoms with E-state index < -0.39 is 0 Å². The third-order valence-corrected chi connectivity index (χ3v) is 2.98. The van der Waals surface area contributed by atoms with Crippen molar-refractivity contribution in [2.75, 3.05) is 19.8 Å². The van der Waals surface area contributed by atoms with E-state index in [0.29, 0.717) is 12.5 Å². The van der Waals surface area contributed by atoms with Crippen LogP contribution in [0, 0.1) is 5.92 Å². The highest BCUT2D eigenvalue weighted by atomic mass is 16.5. The van der Waals surface area contributed by atoms with Crippen molar-refractivity contribution in [3.8, 4) is 5.75 Å². The Labute approximate surface area is 96.5 Å². The normalized spacial score (nSPS) is 25.3. The molecule has 1 fully saturated rings. The molecule has 1 heterocycles. The largest absolute Gasteiger partial charge is 0.491 e. The Balaban J connectivity index is 1.72. The second-order valence-electron chi connectivity index (χ2n) is 4.26. The zero-order chi connectivity index (χ0) is 11.2. The predicted molar refractivity (Wildman–Crippen MR) is 63.5 cm³/mol. The standard InChI is InChI=1S/C13H19NO2/c14-8-11-6-7-13(15-9-11)10-16-12-4-2-1-3-5-12/h1-5,11,13H,6-10,14H2/t11-,13-/m1/s1. The molecule has 2 N–H and O–H groups in total.